The van der Waals surface area contributed by atoms with E-state index >= 15 is 0 Å². The lowest BCUT2D eigenvalue weighted by Crippen LogP contribution is -2.12. The van der Waals surface area contributed by atoms with E-state index < -0.39 is 12.3 Å². The van der Waals surface area contributed by atoms with Crippen LogP contribution in [0.25, 0.3) is 0 Å². The fraction of sp³-hybridized carbons (Fsp3) is 1.00. The summed E-state index contributed by atoms with van der Waals surface area (Å²) < 4.78 is 1.11. The Bertz CT molecular complexity index is 77.0. The summed E-state index contributed by atoms with van der Waals surface area (Å²) in [5.74, 6) is 2.41. The quantitative estimate of drug-likeness (QED) is 0.576. The molecule has 0 amide bonds. The molecule has 0 nitrogen and oxygen atoms in total. The monoisotopic (exact) mass is 204 g/mol. The number of hydrogen-bond donors (Lipinski definition) is 0. The van der Waals surface area contributed by atoms with E-state index in [4.69, 9.17) is 0 Å². The molecule has 0 aliphatic heterocycles. The molecule has 1 saturated carbocycles. The zero-order chi connectivity index (χ0) is 6.69. The zero-order valence-corrected chi connectivity index (χ0v) is 8.81. The molecule has 0 atom stereocenters. The Balaban J connectivity index is 2.23. The third kappa shape index (κ3) is 2.62. The van der Waals surface area contributed by atoms with Gasteiger partial charge in [-0.2, -0.15) is 0 Å². The van der Waals surface area contributed by atoms with Crippen molar-refractivity contribution in [2.45, 2.75) is 42.7 Å². The molecule has 2 heteroatoms. The van der Waals surface area contributed by atoms with Crippen LogP contribution in [0, 0.1) is 0 Å². The molecule has 0 radical (unpaired) electrons. The largest absolute Gasteiger partial charge is 0.365 e. The minimum Gasteiger partial charge on any atom is -0.217 e. The number of hydrogen-bond acceptors (Lipinski definition) is 0. The summed E-state index contributed by atoms with van der Waals surface area (Å²) in [7, 11) is 0. The van der Waals surface area contributed by atoms with E-state index in [9.17, 15) is 0 Å². The van der Waals surface area contributed by atoms with Crippen LogP contribution >= 0.6 is 14.1 Å². The fourth-order valence-electron chi connectivity index (χ4n) is 1.59. The first-order chi connectivity index (χ1) is 4.30. The van der Waals surface area contributed by atoms with Crippen molar-refractivity contribution in [2.24, 2.45) is 0 Å². The van der Waals surface area contributed by atoms with Gasteiger partial charge >= 0.3 is 12.3 Å². The molecule has 0 heterocycles. The van der Waals surface area contributed by atoms with Crippen molar-refractivity contribution in [3.8, 4) is 0 Å². The van der Waals surface area contributed by atoms with Gasteiger partial charge in [0, 0.05) is 0 Å². The number of halogens is 1. The van der Waals surface area contributed by atoms with E-state index in [1.54, 1.807) is 0 Å². The second kappa shape index (κ2) is 4.01. The van der Waals surface area contributed by atoms with Crippen molar-refractivity contribution in [3.63, 3.8) is 0 Å². The molecule has 1 rings (SSSR count). The second-order valence-electron chi connectivity index (χ2n) is 3.08. The van der Waals surface area contributed by atoms with Crippen molar-refractivity contribution < 1.29 is 0 Å². The maximum absolute atomic E-state index is 3.77. The van der Waals surface area contributed by atoms with E-state index in [2.05, 4.69) is 19.8 Å². The average Bonchev–Trinajstić information content (AvgIpc) is 1.90. The first-order valence-corrected chi connectivity index (χ1v) is 8.95. The van der Waals surface area contributed by atoms with Gasteiger partial charge in [0.15, 0.2) is 0 Å². The maximum atomic E-state index is 3.77. The highest BCUT2D eigenvalue weighted by Crippen LogP contribution is 2.32. The van der Waals surface area contributed by atoms with Gasteiger partial charge in [0.25, 0.3) is 0 Å². The van der Waals surface area contributed by atoms with Crippen LogP contribution in [0.2, 0.25) is 10.6 Å². The van der Waals surface area contributed by atoms with Gasteiger partial charge in [-0.05, 0) is 0 Å². The van der Waals surface area contributed by atoms with Gasteiger partial charge < -0.3 is 0 Å². The SMILES string of the molecule is [CH3][Al]([Br])[CH]1CCCCC1. The summed E-state index contributed by atoms with van der Waals surface area (Å²) in [6.07, 6.45) is 7.50. The predicted molar refractivity (Wildman–Crippen MR) is 47.4 cm³/mol. The fourth-order valence-corrected chi connectivity index (χ4v) is 4.57. The zero-order valence-electron chi connectivity index (χ0n) is 6.07. The van der Waals surface area contributed by atoms with Crippen LogP contribution in [-0.2, 0) is 0 Å². The van der Waals surface area contributed by atoms with Crippen LogP contribution in [-0.4, -0.2) is 12.3 Å². The highest BCUT2D eigenvalue weighted by Gasteiger charge is 2.22. The Morgan fingerprint density at radius 1 is 1.22 bits per heavy atom. The van der Waals surface area contributed by atoms with Gasteiger partial charge in [-0.3, -0.25) is 0 Å². The van der Waals surface area contributed by atoms with E-state index in [0.717, 1.165) is 4.78 Å². The molecule has 0 unspecified atom stereocenters. The first-order valence-electron chi connectivity index (χ1n) is 3.95. The molecular weight excluding hydrogens is 191 g/mol. The molecule has 52 valence electrons. The van der Waals surface area contributed by atoms with Gasteiger partial charge in [0.05, 0.1) is 0 Å². The van der Waals surface area contributed by atoms with Crippen molar-refractivity contribution >= 4 is 26.4 Å². The predicted octanol–water partition coefficient (Wildman–Crippen LogP) is 3.34. The van der Waals surface area contributed by atoms with E-state index in [1.807, 2.05) is 0 Å². The molecule has 9 heavy (non-hydrogen) atoms. The van der Waals surface area contributed by atoms with Crippen molar-refractivity contribution in [1.29, 1.82) is 0 Å². The summed E-state index contributed by atoms with van der Waals surface area (Å²) in [6.45, 7) is 0. The van der Waals surface area contributed by atoms with Gasteiger partial charge in [-0.15, -0.1) is 0 Å². The Morgan fingerprint density at radius 3 is 2.11 bits per heavy atom. The second-order valence-corrected chi connectivity index (χ2v) is 9.71. The summed E-state index contributed by atoms with van der Waals surface area (Å²) in [5.41, 5.74) is 0. The van der Waals surface area contributed by atoms with Crippen LogP contribution in [0.15, 0.2) is 0 Å². The molecule has 0 spiro atoms. The normalized spacial score (nSPS) is 22.0. The molecule has 0 N–H and O–H groups in total. The topological polar surface area (TPSA) is 0 Å². The van der Waals surface area contributed by atoms with Gasteiger partial charge in [0.2, 0.25) is 0 Å². The maximum Gasteiger partial charge on any atom is 0.365 e. The molecular formula is C7H14AlBr. The smallest absolute Gasteiger partial charge is 0.217 e. The van der Waals surface area contributed by atoms with Crippen molar-refractivity contribution in [1.82, 2.24) is 0 Å². The van der Waals surface area contributed by atoms with Crippen LogP contribution in [0.1, 0.15) is 32.1 Å². The molecule has 1 fully saturated rings. The van der Waals surface area contributed by atoms with Gasteiger partial charge in [0.1, 0.15) is 0 Å². The van der Waals surface area contributed by atoms with Crippen LogP contribution in [0.3, 0.4) is 0 Å². The lowest BCUT2D eigenvalue weighted by molar-refractivity contribution is 0.500. The summed E-state index contributed by atoms with van der Waals surface area (Å²) >= 11 is 3.34. The first kappa shape index (κ1) is 8.11. The van der Waals surface area contributed by atoms with Crippen LogP contribution in [0.4, 0.5) is 0 Å². The molecule has 0 saturated heterocycles. The van der Waals surface area contributed by atoms with Crippen molar-refractivity contribution in [3.05, 3.63) is 0 Å². The van der Waals surface area contributed by atoms with Gasteiger partial charge in [-0.25, -0.2) is 14.1 Å². The van der Waals surface area contributed by atoms with E-state index in [-0.39, 0.29) is 0 Å². The summed E-state index contributed by atoms with van der Waals surface area (Å²) in [5, 5.41) is 0. The van der Waals surface area contributed by atoms with E-state index in [0.29, 0.717) is 0 Å². The molecule has 1 aliphatic rings. The third-order valence-corrected chi connectivity index (χ3v) is 6.51. The summed E-state index contributed by atoms with van der Waals surface area (Å²) in [6, 6.07) is 0. The standard InChI is InChI=1S/C6H11.CH3.Al.BrH/c1-2-4-6-5-3-1;;;/h1H,2-6H2;1H3;;1H/q;;+1;/p-1. The molecule has 0 aromatic heterocycles. The Kier molecular flexibility index (Phi) is 3.61. The minimum atomic E-state index is -0.439. The lowest BCUT2D eigenvalue weighted by atomic mass is 10.0. The molecule has 0 aromatic rings. The molecule has 1 aliphatic carbocycles. The van der Waals surface area contributed by atoms with Crippen LogP contribution < -0.4 is 0 Å². The minimum absolute atomic E-state index is 0.439. The average molecular weight is 205 g/mol. The van der Waals surface area contributed by atoms with E-state index in [1.165, 1.54) is 32.1 Å². The number of rotatable bonds is 1. The highest BCUT2D eigenvalue weighted by molar-refractivity contribution is 9.24. The highest BCUT2D eigenvalue weighted by atomic mass is 79.9. The Morgan fingerprint density at radius 2 is 1.78 bits per heavy atom. The van der Waals surface area contributed by atoms with Gasteiger partial charge in [-0.1, -0.05) is 42.7 Å². The van der Waals surface area contributed by atoms with Crippen molar-refractivity contribution in [2.75, 3.05) is 0 Å². The molecule has 0 bridgehead atoms. The Hall–Kier alpha value is 1.01. The Labute approximate surface area is 69.1 Å². The summed E-state index contributed by atoms with van der Waals surface area (Å²) in [4.78, 5) is 0. The lowest BCUT2D eigenvalue weighted by Gasteiger charge is -2.20. The van der Waals surface area contributed by atoms with Crippen LogP contribution in [0.5, 0.6) is 0 Å². The molecule has 0 aromatic carbocycles. The third-order valence-electron chi connectivity index (χ3n) is 2.30.